The second-order valence-corrected chi connectivity index (χ2v) is 4.90. The Labute approximate surface area is 121 Å². The van der Waals surface area contributed by atoms with Crippen molar-refractivity contribution in [2.75, 3.05) is 0 Å². The largest absolute Gasteiger partial charge is 0.451 e. The molecule has 0 saturated carbocycles. The van der Waals surface area contributed by atoms with E-state index in [4.69, 9.17) is 16.0 Å². The first kappa shape index (κ1) is 12.8. The quantitative estimate of drug-likeness (QED) is 0.790. The maximum Gasteiger partial charge on any atom is 0.287 e. The molecule has 0 atom stereocenters. The van der Waals surface area contributed by atoms with Gasteiger partial charge in [-0.05, 0) is 29.8 Å². The molecule has 0 aliphatic heterocycles. The highest BCUT2D eigenvalue weighted by atomic mass is 35.5. The maximum absolute atomic E-state index is 12.0. The molecule has 4 heteroatoms. The summed E-state index contributed by atoms with van der Waals surface area (Å²) in [6.07, 6.45) is 0. The van der Waals surface area contributed by atoms with E-state index in [0.717, 1.165) is 10.9 Å². The van der Waals surface area contributed by atoms with Crippen LogP contribution in [0, 0.1) is 0 Å². The van der Waals surface area contributed by atoms with Gasteiger partial charge in [0.1, 0.15) is 5.58 Å². The van der Waals surface area contributed by atoms with E-state index in [-0.39, 0.29) is 11.7 Å². The lowest BCUT2D eigenvalue weighted by Gasteiger charge is -2.02. The Morgan fingerprint density at radius 1 is 1.10 bits per heavy atom. The fourth-order valence-electron chi connectivity index (χ4n) is 1.99. The third kappa shape index (κ3) is 2.68. The van der Waals surface area contributed by atoms with Crippen LogP contribution < -0.4 is 5.32 Å². The van der Waals surface area contributed by atoms with Gasteiger partial charge in [0.15, 0.2) is 5.76 Å². The number of benzene rings is 2. The lowest BCUT2D eigenvalue weighted by Crippen LogP contribution is -2.22. The number of hydrogen-bond donors (Lipinski definition) is 1. The van der Waals surface area contributed by atoms with Crippen LogP contribution in [-0.2, 0) is 6.54 Å². The Hall–Kier alpha value is -2.26. The van der Waals surface area contributed by atoms with Gasteiger partial charge in [0.2, 0.25) is 0 Å². The molecule has 0 fully saturated rings. The first-order valence-electron chi connectivity index (χ1n) is 6.23. The molecule has 1 aromatic heterocycles. The van der Waals surface area contributed by atoms with Gasteiger partial charge in [0.05, 0.1) is 0 Å². The minimum absolute atomic E-state index is 0.235. The number of hydrogen-bond acceptors (Lipinski definition) is 2. The summed E-state index contributed by atoms with van der Waals surface area (Å²) in [5.74, 6) is 0.0550. The van der Waals surface area contributed by atoms with Gasteiger partial charge in [0, 0.05) is 17.0 Å². The smallest absolute Gasteiger partial charge is 0.287 e. The van der Waals surface area contributed by atoms with Crippen molar-refractivity contribution in [2.45, 2.75) is 6.54 Å². The molecule has 1 amide bonds. The maximum atomic E-state index is 12.0. The van der Waals surface area contributed by atoms with E-state index in [2.05, 4.69) is 5.32 Å². The first-order chi connectivity index (χ1) is 9.72. The zero-order chi connectivity index (χ0) is 13.9. The molecular formula is C16H12ClNO2. The summed E-state index contributed by atoms with van der Waals surface area (Å²) in [6.45, 7) is 0.470. The summed E-state index contributed by atoms with van der Waals surface area (Å²) >= 11 is 5.91. The van der Waals surface area contributed by atoms with Crippen molar-refractivity contribution in [1.29, 1.82) is 0 Å². The van der Waals surface area contributed by atoms with E-state index >= 15 is 0 Å². The Bertz CT molecular complexity index is 750. The highest BCUT2D eigenvalue weighted by Crippen LogP contribution is 2.23. The molecule has 2 aromatic carbocycles. The molecule has 20 heavy (non-hydrogen) atoms. The fraction of sp³-hybridized carbons (Fsp3) is 0.0625. The van der Waals surface area contributed by atoms with E-state index in [1.54, 1.807) is 24.3 Å². The number of carbonyl (C=O) groups is 1. The van der Waals surface area contributed by atoms with Crippen molar-refractivity contribution in [3.05, 3.63) is 70.9 Å². The van der Waals surface area contributed by atoms with Crippen LogP contribution in [0.5, 0.6) is 0 Å². The van der Waals surface area contributed by atoms with Gasteiger partial charge in [0.25, 0.3) is 5.91 Å². The topological polar surface area (TPSA) is 42.2 Å². The Morgan fingerprint density at radius 2 is 1.90 bits per heavy atom. The molecule has 0 unspecified atom stereocenters. The lowest BCUT2D eigenvalue weighted by molar-refractivity contribution is 0.0925. The van der Waals surface area contributed by atoms with Crippen molar-refractivity contribution < 1.29 is 9.21 Å². The standard InChI is InChI=1S/C16H12ClNO2/c17-13-6-7-14-12(8-13)9-15(20-14)16(19)18-10-11-4-2-1-3-5-11/h1-9H,10H2,(H,18,19). The van der Waals surface area contributed by atoms with E-state index < -0.39 is 0 Å². The Balaban J connectivity index is 1.75. The van der Waals surface area contributed by atoms with Gasteiger partial charge >= 0.3 is 0 Å². The van der Waals surface area contributed by atoms with Crippen LogP contribution in [0.25, 0.3) is 11.0 Å². The summed E-state index contributed by atoms with van der Waals surface area (Å²) in [4.78, 5) is 12.0. The predicted octanol–water partition coefficient (Wildman–Crippen LogP) is 4.02. The fourth-order valence-corrected chi connectivity index (χ4v) is 2.17. The molecule has 3 nitrogen and oxygen atoms in total. The first-order valence-corrected chi connectivity index (χ1v) is 6.61. The van der Waals surface area contributed by atoms with E-state index in [1.165, 1.54) is 0 Å². The predicted molar refractivity (Wildman–Crippen MR) is 78.8 cm³/mol. The van der Waals surface area contributed by atoms with Gasteiger partial charge in [-0.15, -0.1) is 0 Å². The number of nitrogens with one attached hydrogen (secondary N) is 1. The van der Waals surface area contributed by atoms with Gasteiger partial charge in [-0.1, -0.05) is 41.9 Å². The van der Waals surface area contributed by atoms with Crippen LogP contribution in [0.1, 0.15) is 16.1 Å². The van der Waals surface area contributed by atoms with Crippen molar-refractivity contribution in [1.82, 2.24) is 5.32 Å². The summed E-state index contributed by atoms with van der Waals surface area (Å²) in [5.41, 5.74) is 1.69. The Morgan fingerprint density at radius 3 is 2.70 bits per heavy atom. The number of halogens is 1. The second-order valence-electron chi connectivity index (χ2n) is 4.46. The number of fused-ring (bicyclic) bond motifs is 1. The molecule has 0 aliphatic carbocycles. The Kier molecular flexibility index (Phi) is 3.44. The van der Waals surface area contributed by atoms with Gasteiger partial charge in [-0.25, -0.2) is 0 Å². The molecule has 1 heterocycles. The molecule has 3 aromatic rings. The summed E-state index contributed by atoms with van der Waals surface area (Å²) in [5, 5.41) is 4.27. The third-order valence-corrected chi connectivity index (χ3v) is 3.23. The third-order valence-electron chi connectivity index (χ3n) is 3.00. The molecule has 100 valence electrons. The molecule has 0 saturated heterocycles. The van der Waals surface area contributed by atoms with Crippen LogP contribution >= 0.6 is 11.6 Å². The van der Waals surface area contributed by atoms with Crippen LogP contribution in [0.4, 0.5) is 0 Å². The van der Waals surface area contributed by atoms with Gasteiger partial charge in [-0.3, -0.25) is 4.79 Å². The average molecular weight is 286 g/mol. The van der Waals surface area contributed by atoms with E-state index in [0.29, 0.717) is 17.2 Å². The normalized spacial score (nSPS) is 10.7. The zero-order valence-corrected chi connectivity index (χ0v) is 11.4. The summed E-state index contributed by atoms with van der Waals surface area (Å²) in [6, 6.07) is 16.7. The monoisotopic (exact) mass is 285 g/mol. The average Bonchev–Trinajstić information content (AvgIpc) is 2.89. The summed E-state index contributed by atoms with van der Waals surface area (Å²) in [7, 11) is 0. The van der Waals surface area contributed by atoms with Crippen molar-refractivity contribution in [2.24, 2.45) is 0 Å². The number of furan rings is 1. The summed E-state index contributed by atoms with van der Waals surface area (Å²) < 4.78 is 5.50. The molecule has 0 bridgehead atoms. The minimum Gasteiger partial charge on any atom is -0.451 e. The van der Waals surface area contributed by atoms with Crippen molar-refractivity contribution >= 4 is 28.5 Å². The molecule has 3 rings (SSSR count). The van der Waals surface area contributed by atoms with Crippen molar-refractivity contribution in [3.63, 3.8) is 0 Å². The molecule has 1 N–H and O–H groups in total. The van der Waals surface area contributed by atoms with Crippen LogP contribution in [-0.4, -0.2) is 5.91 Å². The molecule has 0 radical (unpaired) electrons. The highest BCUT2D eigenvalue weighted by Gasteiger charge is 2.12. The molecule has 0 aliphatic rings. The van der Waals surface area contributed by atoms with Crippen LogP contribution in [0.2, 0.25) is 5.02 Å². The second kappa shape index (κ2) is 5.39. The minimum atomic E-state index is -0.235. The lowest BCUT2D eigenvalue weighted by atomic mass is 10.2. The number of carbonyl (C=O) groups excluding carboxylic acids is 1. The van der Waals surface area contributed by atoms with E-state index in [9.17, 15) is 4.79 Å². The van der Waals surface area contributed by atoms with Crippen LogP contribution in [0.3, 0.4) is 0 Å². The SMILES string of the molecule is O=C(NCc1ccccc1)c1cc2cc(Cl)ccc2o1. The van der Waals surface area contributed by atoms with Gasteiger partial charge in [-0.2, -0.15) is 0 Å². The molecular weight excluding hydrogens is 274 g/mol. The zero-order valence-electron chi connectivity index (χ0n) is 10.6. The van der Waals surface area contributed by atoms with Crippen LogP contribution in [0.15, 0.2) is 59.0 Å². The highest BCUT2D eigenvalue weighted by molar-refractivity contribution is 6.31. The number of amides is 1. The van der Waals surface area contributed by atoms with Gasteiger partial charge < -0.3 is 9.73 Å². The van der Waals surface area contributed by atoms with E-state index in [1.807, 2.05) is 30.3 Å². The van der Waals surface area contributed by atoms with Crippen molar-refractivity contribution in [3.8, 4) is 0 Å². The molecule has 0 spiro atoms. The number of rotatable bonds is 3.